The second-order valence-electron chi connectivity index (χ2n) is 3.31. The fourth-order valence-electron chi connectivity index (χ4n) is 0.937. The van der Waals surface area contributed by atoms with E-state index in [-0.39, 0.29) is 0 Å². The Labute approximate surface area is 104 Å². The molecule has 0 aromatic heterocycles. The Morgan fingerprint density at radius 3 is 1.81 bits per heavy atom. The Bertz CT molecular complexity index is 192. The van der Waals surface area contributed by atoms with Crippen LogP contribution < -0.4 is 0 Å². The van der Waals surface area contributed by atoms with E-state index in [0.717, 1.165) is 6.42 Å². The molecule has 0 heterocycles. The van der Waals surface area contributed by atoms with Crippen molar-refractivity contribution in [2.45, 2.75) is 61.8 Å². The number of rotatable bonds is 4. The van der Waals surface area contributed by atoms with Gasteiger partial charge >= 0.3 is 0 Å². The first kappa shape index (κ1) is 20.6. The van der Waals surface area contributed by atoms with E-state index in [2.05, 4.69) is 45.6 Å². The van der Waals surface area contributed by atoms with Gasteiger partial charge in [0, 0.05) is 0 Å². The Kier molecular flexibility index (Phi) is 21.4. The van der Waals surface area contributed by atoms with Gasteiger partial charge in [0.1, 0.15) is 0 Å². The summed E-state index contributed by atoms with van der Waals surface area (Å²) in [5, 5.41) is 0. The topological polar surface area (TPSA) is 0 Å². The fourth-order valence-corrected chi connectivity index (χ4v) is 0.937. The maximum atomic E-state index is 3.97. The average molecular weight is 224 g/mol. The van der Waals surface area contributed by atoms with Crippen molar-refractivity contribution in [2.24, 2.45) is 5.92 Å². The van der Waals surface area contributed by atoms with Crippen LogP contribution >= 0.6 is 0 Å². The van der Waals surface area contributed by atoms with Crippen LogP contribution in [-0.2, 0) is 0 Å². The van der Waals surface area contributed by atoms with Crippen molar-refractivity contribution in [1.29, 1.82) is 0 Å². The Morgan fingerprint density at radius 2 is 1.56 bits per heavy atom. The van der Waals surface area contributed by atoms with Crippen molar-refractivity contribution in [1.82, 2.24) is 0 Å². The van der Waals surface area contributed by atoms with Crippen LogP contribution in [0.3, 0.4) is 0 Å². The van der Waals surface area contributed by atoms with Gasteiger partial charge in [-0.25, -0.2) is 0 Å². The van der Waals surface area contributed by atoms with E-state index in [1.807, 2.05) is 34.6 Å². The van der Waals surface area contributed by atoms with Gasteiger partial charge in [-0.1, -0.05) is 78.8 Å². The summed E-state index contributed by atoms with van der Waals surface area (Å²) in [5.41, 5.74) is 2.57. The molecule has 0 nitrogen and oxygen atoms in total. The molecule has 0 aromatic rings. The van der Waals surface area contributed by atoms with Crippen LogP contribution in [0.4, 0.5) is 0 Å². The SMILES string of the molecule is C=C(/C=C(\C=C/C)C(C)C)CC.CC.CC. The first-order valence-corrected chi connectivity index (χ1v) is 6.63. The highest BCUT2D eigenvalue weighted by atomic mass is 14.0. The summed E-state index contributed by atoms with van der Waals surface area (Å²) in [4.78, 5) is 0. The lowest BCUT2D eigenvalue weighted by atomic mass is 10.00. The molecule has 0 amide bonds. The van der Waals surface area contributed by atoms with Crippen LogP contribution in [0.5, 0.6) is 0 Å². The monoisotopic (exact) mass is 224 g/mol. The summed E-state index contributed by atoms with van der Waals surface area (Å²) < 4.78 is 0. The van der Waals surface area contributed by atoms with Gasteiger partial charge in [-0.2, -0.15) is 0 Å². The second-order valence-corrected chi connectivity index (χ2v) is 3.31. The second kappa shape index (κ2) is 16.6. The summed E-state index contributed by atoms with van der Waals surface area (Å²) in [7, 11) is 0. The van der Waals surface area contributed by atoms with E-state index in [1.165, 1.54) is 11.1 Å². The molecule has 0 rings (SSSR count). The minimum atomic E-state index is 0.587. The molecule has 0 fully saturated rings. The third kappa shape index (κ3) is 13.2. The van der Waals surface area contributed by atoms with Gasteiger partial charge in [-0.3, -0.25) is 0 Å². The molecule has 0 spiro atoms. The van der Waals surface area contributed by atoms with Crippen LogP contribution in [0.1, 0.15) is 61.8 Å². The molecule has 0 heteroatoms. The maximum absolute atomic E-state index is 3.97. The first-order valence-electron chi connectivity index (χ1n) is 6.63. The molecule has 0 aliphatic carbocycles. The third-order valence-electron chi connectivity index (χ3n) is 1.85. The summed E-state index contributed by atoms with van der Waals surface area (Å²) in [6, 6.07) is 0. The van der Waals surface area contributed by atoms with Crippen molar-refractivity contribution >= 4 is 0 Å². The minimum Gasteiger partial charge on any atom is -0.0958 e. The zero-order valence-electron chi connectivity index (χ0n) is 12.7. The lowest BCUT2D eigenvalue weighted by Crippen LogP contribution is -1.90. The summed E-state index contributed by atoms with van der Waals surface area (Å²) >= 11 is 0. The zero-order valence-corrected chi connectivity index (χ0v) is 12.7. The number of hydrogen-bond acceptors (Lipinski definition) is 0. The largest absolute Gasteiger partial charge is 0.0958 e. The van der Waals surface area contributed by atoms with Crippen molar-refractivity contribution < 1.29 is 0 Å². The molecule has 16 heavy (non-hydrogen) atoms. The van der Waals surface area contributed by atoms with Gasteiger partial charge in [-0.15, -0.1) is 0 Å². The molecule has 0 atom stereocenters. The lowest BCUT2D eigenvalue weighted by Gasteiger charge is -2.06. The molecule has 0 bridgehead atoms. The van der Waals surface area contributed by atoms with E-state index in [9.17, 15) is 0 Å². The molecule has 0 N–H and O–H groups in total. The van der Waals surface area contributed by atoms with E-state index in [1.54, 1.807) is 0 Å². The van der Waals surface area contributed by atoms with Crippen LogP contribution in [0.15, 0.2) is 36.0 Å². The van der Waals surface area contributed by atoms with Gasteiger partial charge in [0.25, 0.3) is 0 Å². The van der Waals surface area contributed by atoms with Crippen LogP contribution in [0.2, 0.25) is 0 Å². The maximum Gasteiger partial charge on any atom is -0.0219 e. The third-order valence-corrected chi connectivity index (χ3v) is 1.85. The Morgan fingerprint density at radius 1 is 1.12 bits per heavy atom. The summed E-state index contributed by atoms with van der Waals surface area (Å²) in [6.07, 6.45) is 7.46. The number of hydrogen-bond donors (Lipinski definition) is 0. The van der Waals surface area contributed by atoms with Crippen LogP contribution in [0, 0.1) is 5.92 Å². The fraction of sp³-hybridized carbons (Fsp3) is 0.625. The number of allylic oxidation sites excluding steroid dienone is 5. The summed E-state index contributed by atoms with van der Waals surface area (Å²) in [5.74, 6) is 0.587. The first-order chi connectivity index (χ1) is 7.61. The molecule has 96 valence electrons. The lowest BCUT2D eigenvalue weighted by molar-refractivity contribution is 0.789. The van der Waals surface area contributed by atoms with Gasteiger partial charge in [-0.05, 0) is 24.8 Å². The molecule has 0 aromatic carbocycles. The highest BCUT2D eigenvalue weighted by Crippen LogP contribution is 2.14. The highest BCUT2D eigenvalue weighted by molar-refractivity contribution is 5.29. The highest BCUT2D eigenvalue weighted by Gasteiger charge is 1.98. The smallest absolute Gasteiger partial charge is 0.0219 e. The van der Waals surface area contributed by atoms with E-state index in [0.29, 0.717) is 5.92 Å². The van der Waals surface area contributed by atoms with Crippen molar-refractivity contribution in [3.63, 3.8) is 0 Å². The average Bonchev–Trinajstić information content (AvgIpc) is 2.33. The van der Waals surface area contributed by atoms with E-state index >= 15 is 0 Å². The summed E-state index contributed by atoms with van der Waals surface area (Å²) in [6.45, 7) is 20.6. The van der Waals surface area contributed by atoms with Crippen molar-refractivity contribution in [2.75, 3.05) is 0 Å². The molecule has 0 unspecified atom stereocenters. The predicted octanol–water partition coefficient (Wildman–Crippen LogP) is 6.16. The molecular weight excluding hydrogens is 192 g/mol. The van der Waals surface area contributed by atoms with Crippen molar-refractivity contribution in [3.05, 3.63) is 36.0 Å². The van der Waals surface area contributed by atoms with Gasteiger partial charge < -0.3 is 0 Å². The van der Waals surface area contributed by atoms with Crippen LogP contribution in [0.25, 0.3) is 0 Å². The molecule has 0 saturated heterocycles. The minimum absolute atomic E-state index is 0.587. The molecular formula is C16H32. The standard InChI is InChI=1S/C12H20.2C2H6/c1-6-8-12(10(3)4)9-11(5)7-2;2*1-2/h6,8-10H,5,7H2,1-4H3;2*1-2H3/b8-6-,12-9+;;. The zero-order chi connectivity index (χ0) is 13.6. The predicted molar refractivity (Wildman–Crippen MR) is 79.9 cm³/mol. The molecule has 0 aliphatic rings. The molecule has 0 saturated carbocycles. The van der Waals surface area contributed by atoms with Gasteiger partial charge in [0.15, 0.2) is 0 Å². The van der Waals surface area contributed by atoms with E-state index in [4.69, 9.17) is 0 Å². The van der Waals surface area contributed by atoms with Gasteiger partial charge in [0.2, 0.25) is 0 Å². The molecule has 0 aliphatic heterocycles. The van der Waals surface area contributed by atoms with Crippen LogP contribution in [-0.4, -0.2) is 0 Å². The Hall–Kier alpha value is -0.780. The van der Waals surface area contributed by atoms with E-state index < -0.39 is 0 Å². The van der Waals surface area contributed by atoms with Gasteiger partial charge in [0.05, 0.1) is 0 Å². The molecule has 0 radical (unpaired) electrons. The normalized spacial score (nSPS) is 10.4. The van der Waals surface area contributed by atoms with Crippen molar-refractivity contribution in [3.8, 4) is 0 Å². The quantitative estimate of drug-likeness (QED) is 0.501. The Balaban J connectivity index is -0.000000376.